The molecule has 0 aliphatic carbocycles. The lowest BCUT2D eigenvalue weighted by Crippen LogP contribution is -2.32. The first kappa shape index (κ1) is 24.9. The van der Waals surface area contributed by atoms with Gasteiger partial charge >= 0.3 is 0 Å². The summed E-state index contributed by atoms with van der Waals surface area (Å²) in [5.74, 6) is -1.44. The van der Waals surface area contributed by atoms with E-state index in [2.05, 4.69) is 10.6 Å². The van der Waals surface area contributed by atoms with Crippen LogP contribution in [0.4, 0.5) is 17.1 Å². The van der Waals surface area contributed by atoms with Gasteiger partial charge in [-0.2, -0.15) is 0 Å². The molecule has 1 aliphatic rings. The van der Waals surface area contributed by atoms with E-state index < -0.39 is 17.7 Å². The second-order valence-corrected chi connectivity index (χ2v) is 8.81. The molecule has 0 bridgehead atoms. The zero-order valence-electron chi connectivity index (χ0n) is 17.9. The Labute approximate surface area is 220 Å². The third-order valence-electron chi connectivity index (χ3n) is 5.01. The van der Waals surface area contributed by atoms with Crippen molar-refractivity contribution in [2.24, 2.45) is 0 Å². The smallest absolute Gasteiger partial charge is 0.283 e. The highest BCUT2D eigenvalue weighted by molar-refractivity contribution is 6.54. The van der Waals surface area contributed by atoms with Crippen molar-refractivity contribution < 1.29 is 19.1 Å². The highest BCUT2D eigenvalue weighted by atomic mass is 35.5. The number of imide groups is 1. The van der Waals surface area contributed by atoms with Gasteiger partial charge in [-0.3, -0.25) is 14.4 Å². The van der Waals surface area contributed by atoms with Crippen molar-refractivity contribution in [3.05, 3.63) is 92.0 Å². The first-order valence-corrected chi connectivity index (χ1v) is 11.5. The number of carbonyl (C=O) groups excluding carboxylic acids is 3. The van der Waals surface area contributed by atoms with E-state index in [4.69, 9.17) is 51.1 Å². The molecule has 0 radical (unpaired) electrons. The van der Waals surface area contributed by atoms with Crippen LogP contribution >= 0.6 is 46.4 Å². The average molecular weight is 551 g/mol. The van der Waals surface area contributed by atoms with Gasteiger partial charge in [0.15, 0.2) is 0 Å². The summed E-state index contributed by atoms with van der Waals surface area (Å²) in [6.45, 7) is 0. The minimum Gasteiger partial charge on any atom is -0.495 e. The maximum absolute atomic E-state index is 13.1. The SMILES string of the molecule is COc1ccccc1NC(=O)c1cccc(NC2=C(Cl)C(=O)N(c3cc(Cl)c(Cl)cc3Cl)C2=O)c1. The zero-order valence-corrected chi connectivity index (χ0v) is 20.9. The highest BCUT2D eigenvalue weighted by Crippen LogP contribution is 2.38. The standard InChI is InChI=1S/C24H15Cl4N3O4/c1-35-19-8-3-2-7-17(19)30-22(32)12-5-4-6-13(9-12)29-21-20(28)23(33)31(24(21)34)18-11-15(26)14(25)10-16(18)27/h2-11,29H,1H3,(H,30,32). The van der Waals surface area contributed by atoms with E-state index >= 15 is 0 Å². The summed E-state index contributed by atoms with van der Waals surface area (Å²) < 4.78 is 5.25. The highest BCUT2D eigenvalue weighted by Gasteiger charge is 2.40. The normalized spacial score (nSPS) is 13.3. The predicted octanol–water partition coefficient (Wildman–Crippen LogP) is 6.34. The van der Waals surface area contributed by atoms with Crippen molar-refractivity contribution in [3.8, 4) is 5.75 Å². The van der Waals surface area contributed by atoms with Gasteiger partial charge in [0.2, 0.25) is 0 Å². The molecule has 1 aliphatic heterocycles. The van der Waals surface area contributed by atoms with Crippen molar-refractivity contribution in [1.29, 1.82) is 0 Å². The van der Waals surface area contributed by atoms with Crippen molar-refractivity contribution in [3.63, 3.8) is 0 Å². The van der Waals surface area contributed by atoms with Gasteiger partial charge in [0.1, 0.15) is 16.5 Å². The van der Waals surface area contributed by atoms with E-state index in [0.29, 0.717) is 22.7 Å². The number of anilines is 3. The molecule has 0 fully saturated rings. The maximum atomic E-state index is 13.1. The third-order valence-corrected chi connectivity index (χ3v) is 6.38. The second kappa shape index (κ2) is 10.2. The summed E-state index contributed by atoms with van der Waals surface area (Å²) in [4.78, 5) is 39.4. The lowest BCUT2D eigenvalue weighted by molar-refractivity contribution is -0.120. The minimum atomic E-state index is -0.787. The van der Waals surface area contributed by atoms with Crippen LogP contribution < -0.4 is 20.3 Å². The number of methoxy groups -OCH3 is 1. The number of amides is 3. The summed E-state index contributed by atoms with van der Waals surface area (Å²) in [7, 11) is 1.50. The Morgan fingerprint density at radius 2 is 1.57 bits per heavy atom. The molecule has 7 nitrogen and oxygen atoms in total. The number of benzene rings is 3. The summed E-state index contributed by atoms with van der Waals surface area (Å²) in [5.41, 5.74) is 1.000. The summed E-state index contributed by atoms with van der Waals surface area (Å²) >= 11 is 24.4. The Balaban J connectivity index is 1.57. The van der Waals surface area contributed by atoms with Gasteiger partial charge < -0.3 is 15.4 Å². The van der Waals surface area contributed by atoms with E-state index in [1.165, 1.54) is 25.3 Å². The van der Waals surface area contributed by atoms with E-state index in [-0.39, 0.29) is 31.5 Å². The zero-order chi connectivity index (χ0) is 25.3. The molecule has 0 aromatic heterocycles. The number of carbonyl (C=O) groups is 3. The molecule has 0 spiro atoms. The number of rotatable bonds is 6. The number of ether oxygens (including phenoxy) is 1. The largest absolute Gasteiger partial charge is 0.495 e. The first-order valence-electron chi connectivity index (χ1n) is 9.95. The van der Waals surface area contributed by atoms with Crippen LogP contribution in [0.1, 0.15) is 10.4 Å². The molecule has 3 aromatic rings. The van der Waals surface area contributed by atoms with Gasteiger partial charge in [-0.15, -0.1) is 0 Å². The number of hydrogen-bond donors (Lipinski definition) is 2. The van der Waals surface area contributed by atoms with Gasteiger partial charge in [-0.05, 0) is 42.5 Å². The predicted molar refractivity (Wildman–Crippen MR) is 138 cm³/mol. The molecule has 178 valence electrons. The molecule has 3 aromatic carbocycles. The van der Waals surface area contributed by atoms with Gasteiger partial charge in [0, 0.05) is 11.3 Å². The molecule has 4 rings (SSSR count). The Kier molecular flexibility index (Phi) is 7.23. The molecule has 0 unspecified atom stereocenters. The fraction of sp³-hybridized carbons (Fsp3) is 0.0417. The molecule has 0 atom stereocenters. The number of hydrogen-bond acceptors (Lipinski definition) is 5. The summed E-state index contributed by atoms with van der Waals surface area (Å²) in [6.07, 6.45) is 0. The average Bonchev–Trinajstić information content (AvgIpc) is 3.05. The van der Waals surface area contributed by atoms with Gasteiger partial charge in [-0.25, -0.2) is 4.90 Å². The molecule has 0 saturated heterocycles. The molecule has 0 saturated carbocycles. The van der Waals surface area contributed by atoms with Crippen molar-refractivity contribution in [1.82, 2.24) is 0 Å². The van der Waals surface area contributed by atoms with Crippen molar-refractivity contribution in [2.45, 2.75) is 0 Å². The number of halogens is 4. The Bertz CT molecular complexity index is 1410. The number of para-hydroxylation sites is 2. The molecule has 2 N–H and O–H groups in total. The van der Waals surface area contributed by atoms with Gasteiger partial charge in [-0.1, -0.05) is 64.6 Å². The maximum Gasteiger partial charge on any atom is 0.283 e. The lowest BCUT2D eigenvalue weighted by atomic mass is 10.1. The van der Waals surface area contributed by atoms with Crippen LogP contribution in [0, 0.1) is 0 Å². The molecule has 35 heavy (non-hydrogen) atoms. The van der Waals surface area contributed by atoms with Crippen molar-refractivity contribution in [2.75, 3.05) is 22.6 Å². The quantitative estimate of drug-likeness (QED) is 0.276. The van der Waals surface area contributed by atoms with Crippen LogP contribution in [-0.4, -0.2) is 24.8 Å². The Hall–Kier alpha value is -3.23. The fourth-order valence-electron chi connectivity index (χ4n) is 3.34. The summed E-state index contributed by atoms with van der Waals surface area (Å²) in [5, 5.41) is 5.57. The number of nitrogens with one attached hydrogen (secondary N) is 2. The van der Waals surface area contributed by atoms with Crippen LogP contribution in [0.25, 0.3) is 0 Å². The van der Waals surface area contributed by atoms with E-state index in [1.807, 2.05) is 0 Å². The monoisotopic (exact) mass is 549 g/mol. The molecule has 3 amide bonds. The Morgan fingerprint density at radius 3 is 2.31 bits per heavy atom. The molecule has 1 heterocycles. The lowest BCUT2D eigenvalue weighted by Gasteiger charge is -2.17. The topological polar surface area (TPSA) is 87.7 Å². The first-order chi connectivity index (χ1) is 16.7. The van der Waals surface area contributed by atoms with Crippen LogP contribution in [0.5, 0.6) is 5.75 Å². The second-order valence-electron chi connectivity index (χ2n) is 7.21. The van der Waals surface area contributed by atoms with Crippen LogP contribution in [0.15, 0.2) is 71.4 Å². The van der Waals surface area contributed by atoms with E-state index in [1.54, 1.807) is 42.5 Å². The molecular weight excluding hydrogens is 536 g/mol. The van der Waals surface area contributed by atoms with Gasteiger partial charge in [0.25, 0.3) is 17.7 Å². The van der Waals surface area contributed by atoms with Crippen LogP contribution in [0.2, 0.25) is 15.1 Å². The number of nitrogens with zero attached hydrogens (tertiary/aromatic N) is 1. The third kappa shape index (κ3) is 4.94. The fourth-order valence-corrected chi connectivity index (χ4v) is 4.18. The summed E-state index contributed by atoms with van der Waals surface area (Å²) in [6, 6.07) is 15.9. The Morgan fingerprint density at radius 1 is 0.857 bits per heavy atom. The van der Waals surface area contributed by atoms with E-state index in [0.717, 1.165) is 4.90 Å². The minimum absolute atomic E-state index is 0.0379. The van der Waals surface area contributed by atoms with Crippen LogP contribution in [-0.2, 0) is 9.59 Å². The van der Waals surface area contributed by atoms with Gasteiger partial charge in [0.05, 0.1) is 33.6 Å². The van der Waals surface area contributed by atoms with Crippen molar-refractivity contribution >= 4 is 81.2 Å². The molecular formula is C24H15Cl4N3O4. The molecule has 11 heteroatoms. The van der Waals surface area contributed by atoms with Crippen LogP contribution in [0.3, 0.4) is 0 Å². The van der Waals surface area contributed by atoms with E-state index in [9.17, 15) is 14.4 Å².